The fourth-order valence-electron chi connectivity index (χ4n) is 0.818. The highest BCUT2D eigenvalue weighted by Gasteiger charge is 2.07. The average Bonchev–Trinajstić information content (AvgIpc) is 2.36. The zero-order valence-electron chi connectivity index (χ0n) is 6.76. The highest BCUT2D eigenvalue weighted by Crippen LogP contribution is 2.13. The Morgan fingerprint density at radius 1 is 1.73 bits per heavy atom. The van der Waals surface area contributed by atoms with E-state index in [4.69, 9.17) is 0 Å². The quantitative estimate of drug-likeness (QED) is 0.650. The van der Waals surface area contributed by atoms with Crippen molar-refractivity contribution in [3.05, 3.63) is 16.1 Å². The van der Waals surface area contributed by atoms with E-state index in [9.17, 15) is 4.79 Å². The molecule has 1 aromatic heterocycles. The van der Waals surface area contributed by atoms with E-state index in [-0.39, 0.29) is 5.78 Å². The molecule has 0 atom stereocenters. The number of carbonyl (C=O) groups is 1. The first-order valence-electron chi connectivity index (χ1n) is 3.69. The second-order valence-corrected chi connectivity index (χ2v) is 3.68. The largest absolute Gasteiger partial charge is 0.292 e. The number of nitrogens with zero attached hydrogens (tertiary/aromatic N) is 1. The van der Waals surface area contributed by atoms with E-state index in [2.05, 4.69) is 4.98 Å². The Labute approximate surface area is 70.3 Å². The van der Waals surface area contributed by atoms with E-state index in [0.717, 1.165) is 11.3 Å². The van der Waals surface area contributed by atoms with Gasteiger partial charge in [0.05, 0.1) is 0 Å². The Morgan fingerprint density at radius 2 is 2.45 bits per heavy atom. The van der Waals surface area contributed by atoms with Crippen molar-refractivity contribution in [3.63, 3.8) is 0 Å². The molecule has 1 rings (SSSR count). The Hall–Kier alpha value is -0.700. The van der Waals surface area contributed by atoms with Crippen molar-refractivity contribution >= 4 is 17.1 Å². The molecule has 1 heterocycles. The van der Waals surface area contributed by atoms with Crippen LogP contribution in [0.2, 0.25) is 0 Å². The number of ketones is 1. The van der Waals surface area contributed by atoms with Crippen molar-refractivity contribution in [1.82, 2.24) is 4.98 Å². The zero-order valence-corrected chi connectivity index (χ0v) is 7.57. The maximum atomic E-state index is 11.2. The fourth-order valence-corrected chi connectivity index (χ4v) is 1.55. The first-order chi connectivity index (χ1) is 5.24. The Bertz CT molecular complexity index is 254. The summed E-state index contributed by atoms with van der Waals surface area (Å²) in [7, 11) is 0. The molecule has 0 fully saturated rings. The van der Waals surface area contributed by atoms with Gasteiger partial charge in [-0.15, -0.1) is 11.3 Å². The molecule has 0 amide bonds. The summed E-state index contributed by atoms with van der Waals surface area (Å²) >= 11 is 1.48. The summed E-state index contributed by atoms with van der Waals surface area (Å²) in [5, 5.41) is 0.657. The molecule has 0 bridgehead atoms. The van der Waals surface area contributed by atoms with Crippen molar-refractivity contribution in [2.45, 2.75) is 26.7 Å². The summed E-state index contributed by atoms with van der Waals surface area (Å²) in [4.78, 5) is 16.3. The highest BCUT2D eigenvalue weighted by atomic mass is 32.1. The van der Waals surface area contributed by atoms with Crippen LogP contribution < -0.4 is 0 Å². The third kappa shape index (κ3) is 2.12. The summed E-state index contributed by atoms with van der Waals surface area (Å²) in [5.74, 6) is 0.172. The lowest BCUT2D eigenvalue weighted by Gasteiger charge is -1.89. The molecular formula is C8H11NOS. The average molecular weight is 169 g/mol. The van der Waals surface area contributed by atoms with E-state index in [1.165, 1.54) is 11.3 Å². The molecule has 60 valence electrons. The Morgan fingerprint density at radius 3 is 2.91 bits per heavy atom. The SMILES string of the molecule is CCCC(=O)c1ncc(C)s1. The molecule has 0 aliphatic carbocycles. The fraction of sp³-hybridized carbons (Fsp3) is 0.500. The van der Waals surface area contributed by atoms with Gasteiger partial charge in [-0.3, -0.25) is 4.79 Å². The Kier molecular flexibility index (Phi) is 2.76. The van der Waals surface area contributed by atoms with Gasteiger partial charge in [-0.05, 0) is 13.3 Å². The van der Waals surface area contributed by atoms with Crippen LogP contribution in [0.3, 0.4) is 0 Å². The van der Waals surface area contributed by atoms with E-state index in [0.29, 0.717) is 11.4 Å². The van der Waals surface area contributed by atoms with E-state index >= 15 is 0 Å². The maximum Gasteiger partial charge on any atom is 0.191 e. The van der Waals surface area contributed by atoms with Crippen LogP contribution in [-0.2, 0) is 0 Å². The smallest absolute Gasteiger partial charge is 0.191 e. The number of hydrogen-bond donors (Lipinski definition) is 0. The number of Topliss-reactive ketones (excluding diaryl/α,β-unsaturated/α-hetero) is 1. The van der Waals surface area contributed by atoms with E-state index < -0.39 is 0 Å². The number of aryl methyl sites for hydroxylation is 1. The van der Waals surface area contributed by atoms with Crippen molar-refractivity contribution in [2.75, 3.05) is 0 Å². The van der Waals surface area contributed by atoms with E-state index in [1.54, 1.807) is 6.20 Å². The molecule has 3 heteroatoms. The van der Waals surface area contributed by atoms with Crippen LogP contribution in [-0.4, -0.2) is 10.8 Å². The standard InChI is InChI=1S/C8H11NOS/c1-3-4-7(10)8-9-5-6(2)11-8/h5H,3-4H2,1-2H3. The highest BCUT2D eigenvalue weighted by molar-refractivity contribution is 7.13. The van der Waals surface area contributed by atoms with Crippen molar-refractivity contribution < 1.29 is 4.79 Å². The van der Waals surface area contributed by atoms with Crippen LogP contribution in [0, 0.1) is 6.92 Å². The number of aromatic nitrogens is 1. The van der Waals surface area contributed by atoms with Gasteiger partial charge in [0, 0.05) is 17.5 Å². The van der Waals surface area contributed by atoms with Gasteiger partial charge < -0.3 is 0 Å². The van der Waals surface area contributed by atoms with Gasteiger partial charge in [0.2, 0.25) is 0 Å². The first-order valence-corrected chi connectivity index (χ1v) is 4.51. The maximum absolute atomic E-state index is 11.2. The van der Waals surface area contributed by atoms with Crippen LogP contribution in [0.15, 0.2) is 6.20 Å². The molecule has 0 spiro atoms. The molecule has 0 aliphatic heterocycles. The number of carbonyl (C=O) groups excluding carboxylic acids is 1. The van der Waals surface area contributed by atoms with Gasteiger partial charge in [-0.2, -0.15) is 0 Å². The molecular weight excluding hydrogens is 158 g/mol. The third-order valence-electron chi connectivity index (χ3n) is 1.34. The molecule has 0 saturated heterocycles. The number of hydrogen-bond acceptors (Lipinski definition) is 3. The minimum atomic E-state index is 0.172. The predicted molar refractivity (Wildman–Crippen MR) is 46.1 cm³/mol. The van der Waals surface area contributed by atoms with Gasteiger partial charge in [0.1, 0.15) is 0 Å². The summed E-state index contributed by atoms with van der Waals surface area (Å²) in [5.41, 5.74) is 0. The summed E-state index contributed by atoms with van der Waals surface area (Å²) in [6.45, 7) is 3.96. The van der Waals surface area contributed by atoms with Gasteiger partial charge in [0.15, 0.2) is 10.8 Å². The summed E-state index contributed by atoms with van der Waals surface area (Å²) in [6.07, 6.45) is 3.26. The minimum absolute atomic E-state index is 0.172. The van der Waals surface area contributed by atoms with Gasteiger partial charge >= 0.3 is 0 Å². The molecule has 0 radical (unpaired) electrons. The van der Waals surface area contributed by atoms with Crippen molar-refractivity contribution in [3.8, 4) is 0 Å². The summed E-state index contributed by atoms with van der Waals surface area (Å²) in [6, 6.07) is 0. The van der Waals surface area contributed by atoms with Crippen LogP contribution >= 0.6 is 11.3 Å². The zero-order chi connectivity index (χ0) is 8.27. The number of rotatable bonds is 3. The molecule has 0 unspecified atom stereocenters. The Balaban J connectivity index is 2.69. The van der Waals surface area contributed by atoms with Crippen LogP contribution in [0.5, 0.6) is 0 Å². The lowest BCUT2D eigenvalue weighted by Crippen LogP contribution is -1.95. The molecule has 1 aromatic rings. The summed E-state index contributed by atoms with van der Waals surface area (Å²) < 4.78 is 0. The lowest BCUT2D eigenvalue weighted by atomic mass is 10.2. The van der Waals surface area contributed by atoms with Gasteiger partial charge in [-0.1, -0.05) is 6.92 Å². The molecule has 11 heavy (non-hydrogen) atoms. The number of thiazole rings is 1. The minimum Gasteiger partial charge on any atom is -0.292 e. The second kappa shape index (κ2) is 3.62. The van der Waals surface area contributed by atoms with E-state index in [1.807, 2.05) is 13.8 Å². The third-order valence-corrected chi connectivity index (χ3v) is 2.29. The van der Waals surface area contributed by atoms with Gasteiger partial charge in [0.25, 0.3) is 0 Å². The molecule has 0 saturated carbocycles. The molecule has 0 N–H and O–H groups in total. The normalized spacial score (nSPS) is 10.0. The van der Waals surface area contributed by atoms with Crippen LogP contribution in [0.4, 0.5) is 0 Å². The van der Waals surface area contributed by atoms with Gasteiger partial charge in [-0.25, -0.2) is 4.98 Å². The van der Waals surface area contributed by atoms with Crippen molar-refractivity contribution in [1.29, 1.82) is 0 Å². The molecule has 2 nitrogen and oxygen atoms in total. The topological polar surface area (TPSA) is 30.0 Å². The first kappa shape index (κ1) is 8.40. The van der Waals surface area contributed by atoms with Crippen LogP contribution in [0.1, 0.15) is 34.4 Å². The lowest BCUT2D eigenvalue weighted by molar-refractivity contribution is 0.0981. The molecule has 0 aromatic carbocycles. The molecule has 0 aliphatic rings. The monoisotopic (exact) mass is 169 g/mol. The predicted octanol–water partition coefficient (Wildman–Crippen LogP) is 2.43. The second-order valence-electron chi connectivity index (χ2n) is 2.45. The van der Waals surface area contributed by atoms with Crippen molar-refractivity contribution in [2.24, 2.45) is 0 Å². The van der Waals surface area contributed by atoms with Crippen LogP contribution in [0.25, 0.3) is 0 Å².